The Bertz CT molecular complexity index is 1320. The zero-order valence-corrected chi connectivity index (χ0v) is 20.7. The minimum absolute atomic E-state index is 0.225. The Kier molecular flexibility index (Phi) is 5.60. The highest BCUT2D eigenvalue weighted by atomic mass is 16.5. The summed E-state index contributed by atoms with van der Waals surface area (Å²) < 4.78 is 12.1. The van der Waals surface area contributed by atoms with E-state index >= 15 is 0 Å². The van der Waals surface area contributed by atoms with Crippen LogP contribution in [0.2, 0.25) is 0 Å². The van der Waals surface area contributed by atoms with Crippen molar-refractivity contribution >= 4 is 11.8 Å². The van der Waals surface area contributed by atoms with E-state index in [0.29, 0.717) is 13.2 Å². The van der Waals surface area contributed by atoms with E-state index in [0.717, 1.165) is 72.2 Å². The molecule has 3 aliphatic rings. The number of nitrogens with zero attached hydrogens (tertiary/aromatic N) is 2. The average molecular weight is 486 g/mol. The van der Waals surface area contributed by atoms with Gasteiger partial charge in [-0.05, 0) is 73.2 Å². The van der Waals surface area contributed by atoms with E-state index in [1.165, 1.54) is 11.1 Å². The van der Waals surface area contributed by atoms with Crippen molar-refractivity contribution in [3.8, 4) is 22.8 Å². The van der Waals surface area contributed by atoms with Crippen LogP contribution >= 0.6 is 0 Å². The lowest BCUT2D eigenvalue weighted by atomic mass is 9.97. The third kappa shape index (κ3) is 3.88. The SMILES string of the molecule is COc1cc(COc2c(C)cccc2-c2cccc(N3C[C@@H]4C[C@]4(C(=O)O)C3)n2)cc2c1CNCC2. The van der Waals surface area contributed by atoms with Gasteiger partial charge < -0.3 is 24.8 Å². The highest BCUT2D eigenvalue weighted by Crippen LogP contribution is 2.58. The molecule has 2 N–H and O–H groups in total. The summed E-state index contributed by atoms with van der Waals surface area (Å²) in [6, 6.07) is 16.3. The van der Waals surface area contributed by atoms with Gasteiger partial charge in [0.15, 0.2) is 0 Å². The quantitative estimate of drug-likeness (QED) is 0.519. The summed E-state index contributed by atoms with van der Waals surface area (Å²) in [5.41, 5.74) is 5.85. The molecule has 2 aliphatic heterocycles. The van der Waals surface area contributed by atoms with Crippen molar-refractivity contribution in [1.82, 2.24) is 10.3 Å². The average Bonchev–Trinajstić information content (AvgIpc) is 3.48. The zero-order valence-electron chi connectivity index (χ0n) is 20.7. The second-order valence-corrected chi connectivity index (χ2v) is 10.2. The number of nitrogens with one attached hydrogen (secondary N) is 1. The molecule has 0 radical (unpaired) electrons. The minimum Gasteiger partial charge on any atom is -0.496 e. The Morgan fingerprint density at radius 3 is 2.92 bits per heavy atom. The molecule has 2 fully saturated rings. The first kappa shape index (κ1) is 22.9. The molecule has 2 atom stereocenters. The van der Waals surface area contributed by atoms with Crippen molar-refractivity contribution in [2.24, 2.45) is 11.3 Å². The number of aliphatic carboxylic acids is 1. The lowest BCUT2D eigenvalue weighted by Gasteiger charge is -2.22. The van der Waals surface area contributed by atoms with E-state index in [1.54, 1.807) is 7.11 Å². The van der Waals surface area contributed by atoms with Crippen LogP contribution in [0.3, 0.4) is 0 Å². The molecule has 7 heteroatoms. The van der Waals surface area contributed by atoms with Crippen LogP contribution in [-0.4, -0.2) is 42.8 Å². The van der Waals surface area contributed by atoms with Crippen LogP contribution in [0, 0.1) is 18.3 Å². The van der Waals surface area contributed by atoms with Gasteiger partial charge in [0.05, 0.1) is 18.2 Å². The van der Waals surface area contributed by atoms with Crippen molar-refractivity contribution in [1.29, 1.82) is 0 Å². The Hall–Kier alpha value is -3.58. The predicted octanol–water partition coefficient (Wildman–Crippen LogP) is 4.20. The number of carboxylic acid groups (broad SMARTS) is 1. The lowest BCUT2D eigenvalue weighted by molar-refractivity contribution is -0.143. The first-order valence-electron chi connectivity index (χ1n) is 12.6. The summed E-state index contributed by atoms with van der Waals surface area (Å²) >= 11 is 0. The summed E-state index contributed by atoms with van der Waals surface area (Å²) in [6.45, 7) is 5.55. The number of hydrogen-bond acceptors (Lipinski definition) is 6. The number of carboxylic acids is 1. The Morgan fingerprint density at radius 2 is 2.11 bits per heavy atom. The number of para-hydroxylation sites is 1. The monoisotopic (exact) mass is 485 g/mol. The standard InChI is InChI=1S/C29H31N3O4/c1-18-5-3-6-22(24-7-4-8-26(31-24)32-15-21-13-29(21,17-32)28(33)34)27(18)36-16-19-11-20-9-10-30-14-23(20)25(12-19)35-2/h3-8,11-12,21,30H,9-10,13-17H2,1-2H3,(H,33,34)/t21-,29-/m0/s1. The number of ether oxygens (including phenoxy) is 2. The molecule has 7 nitrogen and oxygen atoms in total. The van der Waals surface area contributed by atoms with Crippen molar-refractivity contribution in [3.63, 3.8) is 0 Å². The molecule has 1 saturated heterocycles. The molecular formula is C29H31N3O4. The second-order valence-electron chi connectivity index (χ2n) is 10.2. The molecule has 1 aromatic heterocycles. The maximum absolute atomic E-state index is 11.7. The lowest BCUT2D eigenvalue weighted by Crippen LogP contribution is -2.29. The van der Waals surface area contributed by atoms with E-state index in [9.17, 15) is 9.90 Å². The predicted molar refractivity (Wildman–Crippen MR) is 138 cm³/mol. The Labute approximate surface area is 211 Å². The minimum atomic E-state index is -0.685. The first-order valence-corrected chi connectivity index (χ1v) is 12.6. The van der Waals surface area contributed by atoms with Crippen LogP contribution in [0.1, 0.15) is 28.7 Å². The summed E-state index contributed by atoms with van der Waals surface area (Å²) in [5, 5.41) is 13.1. The van der Waals surface area contributed by atoms with Crippen LogP contribution in [0.25, 0.3) is 11.3 Å². The second kappa shape index (κ2) is 8.82. The van der Waals surface area contributed by atoms with E-state index in [1.807, 2.05) is 43.3 Å². The molecule has 0 amide bonds. The summed E-state index contributed by atoms with van der Waals surface area (Å²) in [7, 11) is 1.72. The molecule has 3 aromatic rings. The van der Waals surface area contributed by atoms with Crippen molar-refractivity contribution in [2.75, 3.05) is 31.6 Å². The number of pyridine rings is 1. The number of benzene rings is 2. The van der Waals surface area contributed by atoms with Gasteiger partial charge in [0.25, 0.3) is 0 Å². The van der Waals surface area contributed by atoms with E-state index in [2.05, 4.69) is 22.3 Å². The van der Waals surface area contributed by atoms with Crippen molar-refractivity contribution in [2.45, 2.75) is 32.9 Å². The van der Waals surface area contributed by atoms with Gasteiger partial charge in [-0.1, -0.05) is 24.3 Å². The first-order chi connectivity index (χ1) is 17.5. The molecule has 0 unspecified atom stereocenters. The maximum Gasteiger partial charge on any atom is 0.311 e. The molecule has 1 aliphatic carbocycles. The Balaban J connectivity index is 1.26. The van der Waals surface area contributed by atoms with Crippen LogP contribution in [-0.2, 0) is 24.4 Å². The number of fused-ring (bicyclic) bond motifs is 2. The zero-order chi connectivity index (χ0) is 24.9. The van der Waals surface area contributed by atoms with Crippen LogP contribution < -0.4 is 19.7 Å². The summed E-state index contributed by atoms with van der Waals surface area (Å²) in [5.74, 6) is 2.08. The van der Waals surface area contributed by atoms with E-state index in [4.69, 9.17) is 14.5 Å². The van der Waals surface area contributed by atoms with E-state index < -0.39 is 11.4 Å². The third-order valence-corrected chi connectivity index (χ3v) is 7.96. The summed E-state index contributed by atoms with van der Waals surface area (Å²) in [4.78, 5) is 18.8. The van der Waals surface area contributed by atoms with Gasteiger partial charge >= 0.3 is 5.97 Å². The van der Waals surface area contributed by atoms with Crippen molar-refractivity contribution in [3.05, 3.63) is 70.8 Å². The molecule has 3 heterocycles. The number of carbonyl (C=O) groups is 1. The Morgan fingerprint density at radius 1 is 1.25 bits per heavy atom. The molecular weight excluding hydrogens is 454 g/mol. The number of hydrogen-bond donors (Lipinski definition) is 2. The largest absolute Gasteiger partial charge is 0.496 e. The van der Waals surface area contributed by atoms with Gasteiger partial charge in [-0.15, -0.1) is 0 Å². The number of piperidine rings is 1. The fraction of sp³-hybridized carbons (Fsp3) is 0.379. The number of anilines is 1. The molecule has 36 heavy (non-hydrogen) atoms. The highest BCUT2D eigenvalue weighted by molar-refractivity contribution is 5.81. The van der Waals surface area contributed by atoms with Crippen LogP contribution in [0.4, 0.5) is 5.82 Å². The van der Waals surface area contributed by atoms with Crippen molar-refractivity contribution < 1.29 is 19.4 Å². The normalized spacial score (nSPS) is 22.1. The smallest absolute Gasteiger partial charge is 0.311 e. The summed E-state index contributed by atoms with van der Waals surface area (Å²) in [6.07, 6.45) is 1.75. The van der Waals surface area contributed by atoms with Crippen LogP contribution in [0.15, 0.2) is 48.5 Å². The molecule has 6 rings (SSSR count). The molecule has 186 valence electrons. The number of methoxy groups -OCH3 is 1. The van der Waals surface area contributed by atoms with Gasteiger partial charge in [0.2, 0.25) is 0 Å². The molecule has 2 aromatic carbocycles. The third-order valence-electron chi connectivity index (χ3n) is 7.96. The number of rotatable bonds is 7. The molecule has 0 spiro atoms. The van der Waals surface area contributed by atoms with Gasteiger partial charge in [-0.3, -0.25) is 4.79 Å². The van der Waals surface area contributed by atoms with Gasteiger partial charge in [0.1, 0.15) is 23.9 Å². The van der Waals surface area contributed by atoms with Crippen LogP contribution in [0.5, 0.6) is 11.5 Å². The van der Waals surface area contributed by atoms with Gasteiger partial charge in [-0.25, -0.2) is 4.98 Å². The topological polar surface area (TPSA) is 83.9 Å². The molecule has 0 bridgehead atoms. The van der Waals surface area contributed by atoms with Gasteiger partial charge in [0, 0.05) is 30.8 Å². The maximum atomic E-state index is 11.7. The number of aryl methyl sites for hydroxylation is 1. The molecule has 1 saturated carbocycles. The van der Waals surface area contributed by atoms with Gasteiger partial charge in [-0.2, -0.15) is 0 Å². The fourth-order valence-corrected chi connectivity index (χ4v) is 5.83. The highest BCUT2D eigenvalue weighted by Gasteiger charge is 2.65. The van der Waals surface area contributed by atoms with E-state index in [-0.39, 0.29) is 5.92 Å². The number of aromatic nitrogens is 1. The fourth-order valence-electron chi connectivity index (χ4n) is 5.83.